The first-order valence-electron chi connectivity index (χ1n) is 6.90. The smallest absolute Gasteiger partial charge is 0.183 e. The van der Waals surface area contributed by atoms with E-state index in [2.05, 4.69) is 40.1 Å². The summed E-state index contributed by atoms with van der Waals surface area (Å²) < 4.78 is 3.79. The van der Waals surface area contributed by atoms with Gasteiger partial charge in [-0.25, -0.2) is 4.98 Å². The Hall–Kier alpha value is -2.50. The molecule has 0 unspecified atom stereocenters. The molecule has 0 bridgehead atoms. The van der Waals surface area contributed by atoms with E-state index < -0.39 is 0 Å². The number of hydrogen-bond acceptors (Lipinski definition) is 4. The second-order valence-corrected chi connectivity index (χ2v) is 5.21. The summed E-state index contributed by atoms with van der Waals surface area (Å²) in [5.74, 6) is 1.56. The summed E-state index contributed by atoms with van der Waals surface area (Å²) in [5, 5.41) is 9.02. The molecule has 0 aromatic carbocycles. The van der Waals surface area contributed by atoms with Gasteiger partial charge in [0.05, 0.1) is 5.69 Å². The predicted molar refractivity (Wildman–Crippen MR) is 79.7 cm³/mol. The Morgan fingerprint density at radius 3 is 2.62 bits per heavy atom. The summed E-state index contributed by atoms with van der Waals surface area (Å²) in [6.45, 7) is 6.12. The normalized spacial score (nSPS) is 12.6. The van der Waals surface area contributed by atoms with Crippen molar-refractivity contribution in [1.29, 1.82) is 0 Å². The van der Waals surface area contributed by atoms with Crippen LogP contribution in [0.15, 0.2) is 30.6 Å². The second-order valence-electron chi connectivity index (χ2n) is 5.21. The monoisotopic (exact) mass is 282 g/mol. The van der Waals surface area contributed by atoms with Crippen molar-refractivity contribution >= 4 is 0 Å². The Bertz CT molecular complexity index is 756. The van der Waals surface area contributed by atoms with Gasteiger partial charge in [0.2, 0.25) is 0 Å². The zero-order valence-corrected chi connectivity index (χ0v) is 12.6. The van der Waals surface area contributed by atoms with Crippen LogP contribution in [0, 0.1) is 13.8 Å². The molecule has 1 atom stereocenters. The topological polar surface area (TPSA) is 61.4 Å². The fourth-order valence-corrected chi connectivity index (χ4v) is 2.53. The molecule has 0 amide bonds. The highest BCUT2D eigenvalue weighted by Gasteiger charge is 2.19. The van der Waals surface area contributed by atoms with Gasteiger partial charge < -0.3 is 0 Å². The first-order valence-corrected chi connectivity index (χ1v) is 6.90. The molecule has 0 aliphatic rings. The molecule has 3 rings (SSSR count). The molecule has 108 valence electrons. The van der Waals surface area contributed by atoms with E-state index in [-0.39, 0.29) is 6.04 Å². The van der Waals surface area contributed by atoms with Crippen molar-refractivity contribution in [1.82, 2.24) is 29.5 Å². The van der Waals surface area contributed by atoms with Crippen molar-refractivity contribution in [3.8, 4) is 11.4 Å². The Morgan fingerprint density at radius 2 is 2.00 bits per heavy atom. The van der Waals surface area contributed by atoms with Gasteiger partial charge in [0.1, 0.15) is 6.04 Å². The van der Waals surface area contributed by atoms with Crippen LogP contribution in [0.1, 0.15) is 30.2 Å². The van der Waals surface area contributed by atoms with Crippen molar-refractivity contribution in [2.24, 2.45) is 7.05 Å². The van der Waals surface area contributed by atoms with Crippen LogP contribution >= 0.6 is 0 Å². The van der Waals surface area contributed by atoms with Crippen molar-refractivity contribution in [3.05, 3.63) is 47.8 Å². The van der Waals surface area contributed by atoms with E-state index in [0.717, 1.165) is 22.8 Å². The molecule has 0 saturated heterocycles. The second kappa shape index (κ2) is 5.12. The average Bonchev–Trinajstić information content (AvgIpc) is 3.02. The van der Waals surface area contributed by atoms with Crippen LogP contribution in [0.2, 0.25) is 0 Å². The quantitative estimate of drug-likeness (QED) is 0.739. The lowest BCUT2D eigenvalue weighted by Gasteiger charge is -2.12. The van der Waals surface area contributed by atoms with Gasteiger partial charge in [-0.1, -0.05) is 0 Å². The maximum Gasteiger partial charge on any atom is 0.183 e. The molecule has 6 nitrogen and oxygen atoms in total. The molecule has 0 saturated carbocycles. The third kappa shape index (κ3) is 2.44. The Balaban J connectivity index is 2.00. The Kier molecular flexibility index (Phi) is 3.29. The number of aromatic nitrogens is 6. The third-order valence-corrected chi connectivity index (χ3v) is 3.50. The van der Waals surface area contributed by atoms with E-state index >= 15 is 0 Å². The highest BCUT2D eigenvalue weighted by Crippen LogP contribution is 2.21. The minimum absolute atomic E-state index is 0.0293. The number of pyridine rings is 1. The van der Waals surface area contributed by atoms with Crippen LogP contribution in [0.3, 0.4) is 0 Å². The minimum Gasteiger partial charge on any atom is -0.264 e. The lowest BCUT2D eigenvalue weighted by atomic mass is 10.2. The fourth-order valence-electron chi connectivity index (χ4n) is 2.53. The van der Waals surface area contributed by atoms with Crippen LogP contribution in [0.5, 0.6) is 0 Å². The SMILES string of the molecule is Cc1cc(C)n([C@H](C)c2nc(-c3cccnc3)nn2C)n1. The van der Waals surface area contributed by atoms with Gasteiger partial charge in [0, 0.05) is 30.7 Å². The van der Waals surface area contributed by atoms with Gasteiger partial charge in [-0.2, -0.15) is 10.2 Å². The molecule has 0 radical (unpaired) electrons. The van der Waals surface area contributed by atoms with E-state index in [0.29, 0.717) is 5.82 Å². The van der Waals surface area contributed by atoms with Gasteiger partial charge in [-0.3, -0.25) is 14.3 Å². The number of rotatable bonds is 3. The van der Waals surface area contributed by atoms with Crippen molar-refractivity contribution in [2.45, 2.75) is 26.8 Å². The first-order chi connectivity index (χ1) is 10.1. The molecule has 0 spiro atoms. The summed E-state index contributed by atoms with van der Waals surface area (Å²) in [6.07, 6.45) is 3.51. The van der Waals surface area contributed by atoms with Gasteiger partial charge in [-0.05, 0) is 39.0 Å². The highest BCUT2D eigenvalue weighted by atomic mass is 15.4. The molecule has 3 heterocycles. The number of nitrogens with zero attached hydrogens (tertiary/aromatic N) is 6. The first kappa shape index (κ1) is 13.5. The molecule has 0 aliphatic heterocycles. The van der Waals surface area contributed by atoms with Gasteiger partial charge in [0.15, 0.2) is 11.6 Å². The third-order valence-electron chi connectivity index (χ3n) is 3.50. The zero-order chi connectivity index (χ0) is 15.0. The molecule has 3 aromatic heterocycles. The van der Waals surface area contributed by atoms with E-state index in [1.807, 2.05) is 35.5 Å². The summed E-state index contributed by atoms with van der Waals surface area (Å²) in [5.41, 5.74) is 3.04. The van der Waals surface area contributed by atoms with Crippen LogP contribution in [0.25, 0.3) is 11.4 Å². The highest BCUT2D eigenvalue weighted by molar-refractivity contribution is 5.52. The molecule has 0 aliphatic carbocycles. The maximum absolute atomic E-state index is 4.66. The van der Waals surface area contributed by atoms with Crippen LogP contribution in [-0.4, -0.2) is 29.5 Å². The summed E-state index contributed by atoms with van der Waals surface area (Å²) in [7, 11) is 1.91. The standard InChI is InChI=1S/C15H18N6/c1-10-8-11(2)21(18-10)12(3)15-17-14(19-20(15)4)13-6-5-7-16-9-13/h5-9,12H,1-4H3/t12-/m1/s1. The molecular weight excluding hydrogens is 264 g/mol. The number of hydrogen-bond donors (Lipinski definition) is 0. The molecule has 3 aromatic rings. The van der Waals surface area contributed by atoms with E-state index in [1.165, 1.54) is 0 Å². The van der Waals surface area contributed by atoms with E-state index in [1.54, 1.807) is 12.4 Å². The van der Waals surface area contributed by atoms with E-state index in [4.69, 9.17) is 0 Å². The lowest BCUT2D eigenvalue weighted by Crippen LogP contribution is -2.15. The molecule has 0 N–H and O–H groups in total. The minimum atomic E-state index is 0.0293. The summed E-state index contributed by atoms with van der Waals surface area (Å²) in [6, 6.07) is 5.94. The van der Waals surface area contributed by atoms with Gasteiger partial charge in [0.25, 0.3) is 0 Å². The van der Waals surface area contributed by atoms with Crippen LogP contribution in [-0.2, 0) is 7.05 Å². The molecule has 6 heteroatoms. The van der Waals surface area contributed by atoms with Gasteiger partial charge in [-0.15, -0.1) is 0 Å². The van der Waals surface area contributed by atoms with Crippen molar-refractivity contribution in [2.75, 3.05) is 0 Å². The fraction of sp³-hybridized carbons (Fsp3) is 0.333. The van der Waals surface area contributed by atoms with Crippen LogP contribution in [0.4, 0.5) is 0 Å². The lowest BCUT2D eigenvalue weighted by molar-refractivity contribution is 0.496. The largest absolute Gasteiger partial charge is 0.264 e. The van der Waals surface area contributed by atoms with Gasteiger partial charge >= 0.3 is 0 Å². The Morgan fingerprint density at radius 1 is 1.19 bits per heavy atom. The summed E-state index contributed by atoms with van der Waals surface area (Å²) in [4.78, 5) is 8.77. The van der Waals surface area contributed by atoms with Crippen molar-refractivity contribution < 1.29 is 0 Å². The maximum atomic E-state index is 4.66. The molecular formula is C15H18N6. The van der Waals surface area contributed by atoms with Crippen LogP contribution < -0.4 is 0 Å². The molecule has 21 heavy (non-hydrogen) atoms. The molecule has 0 fully saturated rings. The average molecular weight is 282 g/mol. The zero-order valence-electron chi connectivity index (χ0n) is 12.6. The number of aryl methyl sites for hydroxylation is 3. The van der Waals surface area contributed by atoms with Crippen molar-refractivity contribution in [3.63, 3.8) is 0 Å². The summed E-state index contributed by atoms with van der Waals surface area (Å²) >= 11 is 0. The predicted octanol–water partition coefficient (Wildman–Crippen LogP) is 2.30. The Labute approximate surface area is 123 Å². The van der Waals surface area contributed by atoms with E-state index in [9.17, 15) is 0 Å².